The Hall–Kier alpha value is -4.62. The van der Waals surface area contributed by atoms with Gasteiger partial charge in [-0.25, -0.2) is 0 Å². The minimum absolute atomic E-state index is 0.130. The number of para-hydroxylation sites is 1. The third kappa shape index (κ3) is 21.0. The summed E-state index contributed by atoms with van der Waals surface area (Å²) in [6.07, 6.45) is -2.91. The number of amides is 1. The first-order chi connectivity index (χ1) is 41.3. The number of ether oxygens (including phenoxy) is 5. The molecule has 2 bridgehead atoms. The number of nitrogens with one attached hydrogen (secondary N) is 1. The van der Waals surface area contributed by atoms with Crippen molar-refractivity contribution in [1.82, 2.24) is 10.2 Å². The van der Waals surface area contributed by atoms with E-state index >= 15 is 0 Å². The van der Waals surface area contributed by atoms with Crippen molar-refractivity contribution in [1.29, 1.82) is 0 Å². The maximum Gasteiger partial charge on any atom is 0.308 e. The number of nitrogens with zero attached hydrogens (tertiary/aromatic N) is 2. The second-order valence-electron chi connectivity index (χ2n) is 23.9. The van der Waals surface area contributed by atoms with Gasteiger partial charge in [0, 0.05) is 69.4 Å². The Morgan fingerprint density at radius 1 is 0.632 bits per heavy atom. The van der Waals surface area contributed by atoms with E-state index < -0.39 is 184 Å². The molecule has 0 saturated carbocycles. The van der Waals surface area contributed by atoms with E-state index in [-0.39, 0.29) is 44.7 Å². The first-order valence-electron chi connectivity index (χ1n) is 30.2. The largest absolute Gasteiger partial charge is 0.462 e. The monoisotopic (exact) mass is 1230 g/mol. The molecule has 87 heavy (non-hydrogen) atoms. The fourth-order valence-electron chi connectivity index (χ4n) is 11.5. The van der Waals surface area contributed by atoms with Gasteiger partial charge in [-0.2, -0.15) is 0 Å². The van der Waals surface area contributed by atoms with Crippen LogP contribution < -0.4 is 10.2 Å². The highest BCUT2D eigenvalue weighted by atomic mass is 16.7. The first kappa shape index (κ1) is 71.5. The molecule has 5 aliphatic rings. The molecular formula is C63H95N3O21. The average molecular weight is 1230 g/mol. The van der Waals surface area contributed by atoms with Crippen LogP contribution in [0.3, 0.4) is 0 Å². The number of hydrogen-bond acceptors (Lipinski definition) is 23. The Labute approximate surface area is 508 Å². The number of carbonyl (C=O) groups excluding carboxylic acids is 2. The second kappa shape index (κ2) is 34.0. The summed E-state index contributed by atoms with van der Waals surface area (Å²) in [5.74, 6) is -8.22. The summed E-state index contributed by atoms with van der Waals surface area (Å²) < 4.78 is 29.8. The number of benzene rings is 1. The van der Waals surface area contributed by atoms with Gasteiger partial charge in [-0.15, -0.1) is 0 Å². The van der Waals surface area contributed by atoms with Gasteiger partial charge >= 0.3 is 5.97 Å². The third-order valence-corrected chi connectivity index (χ3v) is 17.0. The third-order valence-electron chi connectivity index (χ3n) is 17.0. The number of allylic oxidation sites excluding steroid dienone is 12. The van der Waals surface area contributed by atoms with Crippen LogP contribution in [0.5, 0.6) is 0 Å². The van der Waals surface area contributed by atoms with Crippen molar-refractivity contribution < 1.29 is 105 Å². The fourth-order valence-corrected chi connectivity index (χ4v) is 11.5. The van der Waals surface area contributed by atoms with Crippen LogP contribution in [0, 0.1) is 17.8 Å². The standard InChI is InChI=1S/C63H95N3O21/c1-38-20-16-13-11-9-7-5-6-8-10-12-14-19-23-46(86-61-58(78)54(56(76)41(4)85-61)64-37-63(82)59(79)57(77)50(73)36-83-63)33-51-53(60(80)66-28-26-65(27-29-66)42-21-17-15-18-22-42)49(72)35-62(81,87-51)34-45(69)31-48(71)47(70)25-24-43(67)30-44(68)32-52(74)84-40(3)39(2)55(38)75/h5-23,38-41,43-51,53-59,61,64,67-73,75-79,81-82H,24-37H2,1-4H3/b6-5+,9-7+,10-8+,13-11+,14-12+,20-16+,23-19+/t38-,39?,40-,41+,43+,44+,45-,46-,47+,48+,49-,50+,51?,53?,54-,55+,56+,57-,58-,59-,61-,62+,63+/m0/s1. The zero-order valence-electron chi connectivity index (χ0n) is 50.0. The van der Waals surface area contributed by atoms with Gasteiger partial charge in [0.2, 0.25) is 11.7 Å². The summed E-state index contributed by atoms with van der Waals surface area (Å²) in [4.78, 5) is 31.3. The quantitative estimate of drug-likeness (QED) is 0.152. The molecule has 0 aliphatic carbocycles. The van der Waals surface area contributed by atoms with Crippen LogP contribution in [0.25, 0.3) is 0 Å². The van der Waals surface area contributed by atoms with E-state index in [1.54, 1.807) is 97.7 Å². The van der Waals surface area contributed by atoms with Crippen molar-refractivity contribution in [3.05, 3.63) is 115 Å². The lowest BCUT2D eigenvalue weighted by Gasteiger charge is -2.48. The van der Waals surface area contributed by atoms with E-state index in [1.807, 2.05) is 43.3 Å². The number of carbonyl (C=O) groups is 2. The second-order valence-corrected chi connectivity index (χ2v) is 23.9. The maximum absolute atomic E-state index is 14.8. The molecule has 488 valence electrons. The van der Waals surface area contributed by atoms with Gasteiger partial charge in [-0.3, -0.25) is 9.59 Å². The molecule has 24 heteroatoms. The molecule has 24 nitrogen and oxygen atoms in total. The molecule has 1 aromatic rings. The molecule has 1 aromatic carbocycles. The first-order valence-corrected chi connectivity index (χ1v) is 30.2. The summed E-state index contributed by atoms with van der Waals surface area (Å²) in [5, 5.41) is 158. The molecule has 15 N–H and O–H groups in total. The van der Waals surface area contributed by atoms with Crippen molar-refractivity contribution >= 4 is 17.6 Å². The fraction of sp³-hybridized carbons (Fsp3) is 0.651. The molecular weight excluding hydrogens is 1130 g/mol. The Kier molecular flexibility index (Phi) is 27.9. The molecule has 1 amide bonds. The molecule has 5 aliphatic heterocycles. The van der Waals surface area contributed by atoms with Crippen molar-refractivity contribution in [3.8, 4) is 0 Å². The summed E-state index contributed by atoms with van der Waals surface area (Å²) in [5.41, 5.74) is 0.958. The van der Waals surface area contributed by atoms with Gasteiger partial charge in [-0.05, 0) is 45.2 Å². The SMILES string of the molecule is CC1[C@H](C)OC(=O)C[C@H](O)C[C@H](O)CC[C@@H](O)[C@H](O)C[C@H](O)C[C@]2(O)C[C@H](O)C(C(=O)N3CCN(c4ccccc4)CC3)C(C[C@@H](O[C@@H]3O[C@H](C)[C@@H](O)[C@H](NC[C@@]4(O)OC[C@@H](O)[C@H](O)[C@@H]4O)[C@@H]3O)/C=C/C=C/C=C/C=C/C=C/C=C/C=C/[C@H](C)[C@H]1O)O2. The summed E-state index contributed by atoms with van der Waals surface area (Å²) >= 11 is 0. The average Bonchev–Trinajstić information content (AvgIpc) is 1.15. The summed E-state index contributed by atoms with van der Waals surface area (Å²) in [6, 6.07) is 8.28. The van der Waals surface area contributed by atoms with E-state index in [0.29, 0.717) is 13.1 Å². The zero-order valence-corrected chi connectivity index (χ0v) is 50.0. The predicted molar refractivity (Wildman–Crippen MR) is 317 cm³/mol. The smallest absolute Gasteiger partial charge is 0.308 e. The molecule has 0 radical (unpaired) electrons. The number of esters is 1. The number of cyclic esters (lactones) is 1. The van der Waals surface area contributed by atoms with Crippen LogP contribution in [0.2, 0.25) is 0 Å². The van der Waals surface area contributed by atoms with Crippen molar-refractivity contribution in [2.45, 2.75) is 201 Å². The van der Waals surface area contributed by atoms with Gasteiger partial charge in [0.1, 0.15) is 30.5 Å². The highest BCUT2D eigenvalue weighted by Gasteiger charge is 2.53. The molecule has 6 rings (SSSR count). The zero-order chi connectivity index (χ0) is 63.6. The van der Waals surface area contributed by atoms with E-state index in [0.717, 1.165) is 5.69 Å². The molecule has 0 aromatic heterocycles. The Morgan fingerprint density at radius 2 is 1.24 bits per heavy atom. The molecule has 3 unspecified atom stereocenters. The van der Waals surface area contributed by atoms with Crippen molar-refractivity contribution in [2.75, 3.05) is 44.2 Å². The van der Waals surface area contributed by atoms with Crippen molar-refractivity contribution in [2.24, 2.45) is 17.8 Å². The lowest BCUT2D eigenvalue weighted by Crippen LogP contribution is -2.69. The van der Waals surface area contributed by atoms with Gasteiger partial charge in [0.15, 0.2) is 12.1 Å². The summed E-state index contributed by atoms with van der Waals surface area (Å²) in [7, 11) is 0. The molecule has 0 spiro atoms. The number of aliphatic hydroxyl groups excluding tert-OH is 12. The van der Waals surface area contributed by atoms with Crippen LogP contribution in [0.4, 0.5) is 5.69 Å². The van der Waals surface area contributed by atoms with Crippen LogP contribution in [0.15, 0.2) is 115 Å². The van der Waals surface area contributed by atoms with Crippen molar-refractivity contribution in [3.63, 3.8) is 0 Å². The number of rotatable bonds is 7. The summed E-state index contributed by atoms with van der Waals surface area (Å²) in [6.45, 7) is 6.92. The van der Waals surface area contributed by atoms with Crippen LogP contribution in [0.1, 0.15) is 79.1 Å². The van der Waals surface area contributed by atoms with Crippen LogP contribution in [-0.2, 0) is 33.3 Å². The maximum atomic E-state index is 14.8. The minimum Gasteiger partial charge on any atom is -0.462 e. The van der Waals surface area contributed by atoms with E-state index in [4.69, 9.17) is 23.7 Å². The normalized spacial score (nSPS) is 43.4. The Bertz CT molecular complexity index is 2480. The molecule has 4 fully saturated rings. The molecule has 4 saturated heterocycles. The van der Waals surface area contributed by atoms with Gasteiger partial charge in [0.25, 0.3) is 0 Å². The van der Waals surface area contributed by atoms with Crippen LogP contribution >= 0.6 is 0 Å². The highest BCUT2D eigenvalue weighted by molar-refractivity contribution is 5.80. The minimum atomic E-state index is -2.47. The lowest BCUT2D eigenvalue weighted by molar-refractivity contribution is -0.323. The number of anilines is 1. The van der Waals surface area contributed by atoms with Crippen LogP contribution in [-0.4, -0.2) is 249 Å². The topological polar surface area (TPSA) is 382 Å². The van der Waals surface area contributed by atoms with Gasteiger partial charge < -0.3 is 110 Å². The number of fused-ring (bicyclic) bond motifs is 2. The highest BCUT2D eigenvalue weighted by Crippen LogP contribution is 2.39. The van der Waals surface area contributed by atoms with Gasteiger partial charge in [-0.1, -0.05) is 117 Å². The number of piperazine rings is 1. The lowest BCUT2D eigenvalue weighted by atomic mass is 9.81. The predicted octanol–water partition coefficient (Wildman–Crippen LogP) is -0.592. The Balaban J connectivity index is 1.28. The molecule has 5 heterocycles. The Morgan fingerprint density at radius 3 is 1.87 bits per heavy atom. The number of hydrogen-bond donors (Lipinski definition) is 15. The van der Waals surface area contributed by atoms with E-state index in [9.17, 15) is 81.1 Å². The van der Waals surface area contributed by atoms with E-state index in [2.05, 4.69) is 10.2 Å². The van der Waals surface area contributed by atoms with E-state index in [1.165, 1.54) is 6.92 Å². The number of aliphatic hydroxyl groups is 14. The van der Waals surface area contributed by atoms with Gasteiger partial charge in [0.05, 0.1) is 98.7 Å². The molecule has 23 atom stereocenters.